The van der Waals surface area contributed by atoms with Gasteiger partial charge in [-0.1, -0.05) is 41.9 Å². The second kappa shape index (κ2) is 8.10. The Morgan fingerprint density at radius 3 is 2.64 bits per heavy atom. The molecule has 0 atom stereocenters. The average Bonchev–Trinajstić information content (AvgIpc) is 2.55. The molecule has 22 heavy (non-hydrogen) atoms. The van der Waals surface area contributed by atoms with Crippen LogP contribution in [0.15, 0.2) is 54.7 Å². The van der Waals surface area contributed by atoms with Crippen LogP contribution in [0, 0.1) is 0 Å². The molecule has 0 aromatic heterocycles. The van der Waals surface area contributed by atoms with Gasteiger partial charge >= 0.3 is 6.09 Å². The molecule has 2 rings (SSSR count). The molecule has 0 fully saturated rings. The number of benzene rings is 2. The maximum Gasteiger partial charge on any atom is 0.411 e. The highest BCUT2D eigenvalue weighted by Crippen LogP contribution is 2.18. The highest BCUT2D eigenvalue weighted by molar-refractivity contribution is 6.30. The van der Waals surface area contributed by atoms with Gasteiger partial charge in [-0.3, -0.25) is 5.32 Å². The van der Waals surface area contributed by atoms with Crippen LogP contribution >= 0.6 is 11.6 Å². The first-order valence-electron chi connectivity index (χ1n) is 6.66. The summed E-state index contributed by atoms with van der Waals surface area (Å²) >= 11 is 5.80. The summed E-state index contributed by atoms with van der Waals surface area (Å²) in [7, 11) is 1.58. The van der Waals surface area contributed by atoms with E-state index in [9.17, 15) is 4.79 Å². The number of hydrogen-bond donors (Lipinski definition) is 1. The van der Waals surface area contributed by atoms with Crippen LogP contribution in [0.5, 0.6) is 5.75 Å². The van der Waals surface area contributed by atoms with Gasteiger partial charge in [-0.05, 0) is 29.8 Å². The van der Waals surface area contributed by atoms with Crippen LogP contribution in [-0.2, 0) is 11.3 Å². The molecule has 0 aliphatic carbocycles. The average molecular weight is 318 g/mol. The smallest absolute Gasteiger partial charge is 0.411 e. The van der Waals surface area contributed by atoms with Crippen LogP contribution in [0.25, 0.3) is 6.08 Å². The minimum absolute atomic E-state index is 0.143. The molecule has 0 heterocycles. The van der Waals surface area contributed by atoms with Crippen molar-refractivity contribution in [1.29, 1.82) is 0 Å². The fourth-order valence-electron chi connectivity index (χ4n) is 1.79. The fourth-order valence-corrected chi connectivity index (χ4v) is 1.91. The standard InChI is InChI=1S/C17H16ClNO3/c1-21-16-5-3-2-4-14(16)12-22-17(20)19-11-10-13-6-8-15(18)9-7-13/h2-11H,12H2,1H3,(H,19,20)/b11-10+. The van der Waals surface area contributed by atoms with E-state index in [1.807, 2.05) is 36.4 Å². The molecular formula is C17H16ClNO3. The third kappa shape index (κ3) is 4.82. The van der Waals surface area contributed by atoms with Gasteiger partial charge in [0, 0.05) is 16.8 Å². The monoisotopic (exact) mass is 317 g/mol. The number of hydrogen-bond acceptors (Lipinski definition) is 3. The van der Waals surface area contributed by atoms with E-state index < -0.39 is 6.09 Å². The van der Waals surface area contributed by atoms with E-state index >= 15 is 0 Å². The number of carbonyl (C=O) groups is 1. The SMILES string of the molecule is COc1ccccc1COC(=O)N/C=C/c1ccc(Cl)cc1. The van der Waals surface area contributed by atoms with E-state index in [4.69, 9.17) is 21.1 Å². The Bertz CT molecular complexity index is 653. The Morgan fingerprint density at radius 1 is 1.18 bits per heavy atom. The van der Waals surface area contributed by atoms with Gasteiger partial charge in [0.2, 0.25) is 0 Å². The van der Waals surface area contributed by atoms with Crippen molar-refractivity contribution in [2.45, 2.75) is 6.61 Å². The minimum Gasteiger partial charge on any atom is -0.496 e. The minimum atomic E-state index is -0.531. The maximum atomic E-state index is 11.6. The summed E-state index contributed by atoms with van der Waals surface area (Å²) in [6.07, 6.45) is 2.74. The van der Waals surface area contributed by atoms with Gasteiger partial charge in [-0.25, -0.2) is 4.79 Å². The predicted octanol–water partition coefficient (Wildman–Crippen LogP) is 4.25. The Morgan fingerprint density at radius 2 is 1.91 bits per heavy atom. The van der Waals surface area contributed by atoms with Gasteiger partial charge in [-0.2, -0.15) is 0 Å². The largest absolute Gasteiger partial charge is 0.496 e. The topological polar surface area (TPSA) is 47.6 Å². The summed E-state index contributed by atoms with van der Waals surface area (Å²) < 4.78 is 10.3. The molecule has 1 amide bonds. The molecule has 0 aliphatic rings. The van der Waals surface area contributed by atoms with Gasteiger partial charge in [-0.15, -0.1) is 0 Å². The zero-order valence-electron chi connectivity index (χ0n) is 12.1. The number of ether oxygens (including phenoxy) is 2. The van der Waals surface area contributed by atoms with Gasteiger partial charge in [0.1, 0.15) is 12.4 Å². The summed E-state index contributed by atoms with van der Waals surface area (Å²) in [6.45, 7) is 0.143. The van der Waals surface area contributed by atoms with E-state index in [2.05, 4.69) is 5.32 Å². The number of amides is 1. The van der Waals surface area contributed by atoms with Gasteiger partial charge in [0.15, 0.2) is 0 Å². The van der Waals surface area contributed by atoms with E-state index in [1.54, 1.807) is 25.3 Å². The van der Waals surface area contributed by atoms with Crippen LogP contribution in [0.3, 0.4) is 0 Å². The Kier molecular flexibility index (Phi) is 5.86. The molecule has 0 unspecified atom stereocenters. The highest BCUT2D eigenvalue weighted by Gasteiger charge is 2.04. The number of rotatable bonds is 5. The van der Waals surface area contributed by atoms with E-state index in [-0.39, 0.29) is 6.61 Å². The summed E-state index contributed by atoms with van der Waals surface area (Å²) in [5, 5.41) is 3.21. The van der Waals surface area contributed by atoms with Crippen molar-refractivity contribution in [3.63, 3.8) is 0 Å². The number of para-hydroxylation sites is 1. The first-order chi connectivity index (χ1) is 10.7. The fraction of sp³-hybridized carbons (Fsp3) is 0.118. The third-order valence-electron chi connectivity index (χ3n) is 2.90. The number of nitrogens with one attached hydrogen (secondary N) is 1. The lowest BCUT2D eigenvalue weighted by atomic mass is 10.2. The van der Waals surface area contributed by atoms with E-state index in [1.165, 1.54) is 6.20 Å². The zero-order valence-corrected chi connectivity index (χ0v) is 12.8. The predicted molar refractivity (Wildman–Crippen MR) is 86.8 cm³/mol. The Labute approximate surface area is 134 Å². The molecule has 2 aromatic rings. The molecular weight excluding hydrogens is 302 g/mol. The highest BCUT2D eigenvalue weighted by atomic mass is 35.5. The van der Waals surface area contributed by atoms with Gasteiger partial charge < -0.3 is 9.47 Å². The van der Waals surface area contributed by atoms with Crippen LogP contribution in [-0.4, -0.2) is 13.2 Å². The quantitative estimate of drug-likeness (QED) is 0.897. The lowest BCUT2D eigenvalue weighted by molar-refractivity contribution is 0.142. The van der Waals surface area contributed by atoms with Crippen molar-refractivity contribution in [3.8, 4) is 5.75 Å². The van der Waals surface area contributed by atoms with Crippen LogP contribution < -0.4 is 10.1 Å². The summed E-state index contributed by atoms with van der Waals surface area (Å²) in [6, 6.07) is 14.6. The molecule has 0 aliphatic heterocycles. The van der Waals surface area contributed by atoms with Crippen molar-refractivity contribution < 1.29 is 14.3 Å². The molecule has 0 spiro atoms. The third-order valence-corrected chi connectivity index (χ3v) is 3.15. The Balaban J connectivity index is 1.82. The molecule has 0 radical (unpaired) electrons. The summed E-state index contributed by atoms with van der Waals surface area (Å²) in [4.78, 5) is 11.6. The van der Waals surface area contributed by atoms with Crippen LogP contribution in [0.4, 0.5) is 4.79 Å². The molecule has 1 N–H and O–H groups in total. The van der Waals surface area contributed by atoms with Crippen molar-refractivity contribution in [3.05, 3.63) is 70.9 Å². The maximum absolute atomic E-state index is 11.6. The molecule has 0 saturated heterocycles. The van der Waals surface area contributed by atoms with E-state index in [0.29, 0.717) is 10.8 Å². The molecule has 0 saturated carbocycles. The van der Waals surface area contributed by atoms with E-state index in [0.717, 1.165) is 11.1 Å². The lowest BCUT2D eigenvalue weighted by Crippen LogP contribution is -2.18. The lowest BCUT2D eigenvalue weighted by Gasteiger charge is -2.08. The molecule has 2 aromatic carbocycles. The second-order valence-electron chi connectivity index (χ2n) is 4.42. The molecule has 0 bridgehead atoms. The normalized spacial score (nSPS) is 10.5. The van der Waals surface area contributed by atoms with Crippen molar-refractivity contribution in [2.24, 2.45) is 0 Å². The van der Waals surface area contributed by atoms with Crippen molar-refractivity contribution in [2.75, 3.05) is 7.11 Å². The first kappa shape index (κ1) is 15.9. The van der Waals surface area contributed by atoms with Gasteiger partial charge in [0.05, 0.1) is 7.11 Å². The van der Waals surface area contributed by atoms with Crippen molar-refractivity contribution in [1.82, 2.24) is 5.32 Å². The van der Waals surface area contributed by atoms with Gasteiger partial charge in [0.25, 0.3) is 0 Å². The van der Waals surface area contributed by atoms with Crippen molar-refractivity contribution >= 4 is 23.8 Å². The van der Waals surface area contributed by atoms with Crippen LogP contribution in [0.1, 0.15) is 11.1 Å². The molecule has 5 heteroatoms. The molecule has 114 valence electrons. The summed E-state index contributed by atoms with van der Waals surface area (Å²) in [5.41, 5.74) is 1.73. The Hall–Kier alpha value is -2.46. The first-order valence-corrected chi connectivity index (χ1v) is 7.04. The summed E-state index contributed by atoms with van der Waals surface area (Å²) in [5.74, 6) is 0.687. The number of halogens is 1. The van der Waals surface area contributed by atoms with Crippen LogP contribution in [0.2, 0.25) is 5.02 Å². The number of alkyl carbamates (subject to hydrolysis) is 1. The number of carbonyl (C=O) groups excluding carboxylic acids is 1. The zero-order chi connectivity index (χ0) is 15.8. The number of methoxy groups -OCH3 is 1. The second-order valence-corrected chi connectivity index (χ2v) is 4.85. The molecule has 4 nitrogen and oxygen atoms in total.